The Morgan fingerprint density at radius 2 is 2.06 bits per heavy atom. The van der Waals surface area contributed by atoms with Crippen molar-refractivity contribution in [3.05, 3.63) is 29.3 Å². The Hall–Kier alpha value is -1.75. The van der Waals surface area contributed by atoms with Gasteiger partial charge in [0.15, 0.2) is 0 Å². The van der Waals surface area contributed by atoms with Crippen molar-refractivity contribution in [1.82, 2.24) is 4.90 Å². The van der Waals surface area contributed by atoms with Crippen LogP contribution in [0, 0.1) is 0 Å². The Morgan fingerprint density at radius 1 is 1.39 bits per heavy atom. The van der Waals surface area contributed by atoms with Crippen molar-refractivity contribution in [2.45, 2.75) is 6.92 Å². The van der Waals surface area contributed by atoms with Crippen molar-refractivity contribution < 1.29 is 14.7 Å². The number of rotatable bonds is 4. The van der Waals surface area contributed by atoms with E-state index in [1.807, 2.05) is 6.92 Å². The van der Waals surface area contributed by atoms with Crippen LogP contribution in [0.3, 0.4) is 0 Å². The normalized spacial score (nSPS) is 9.94. The molecule has 0 aliphatic rings. The molecule has 0 bridgehead atoms. The summed E-state index contributed by atoms with van der Waals surface area (Å²) in [4.78, 5) is 25.5. The van der Waals surface area contributed by atoms with Gasteiger partial charge < -0.3 is 10.0 Å². The first-order chi connectivity index (χ1) is 8.45. The molecular formula is C12H15ClN2O3. The zero-order valence-corrected chi connectivity index (χ0v) is 11.0. The summed E-state index contributed by atoms with van der Waals surface area (Å²) in [6.07, 6.45) is 0. The largest absolute Gasteiger partial charge is 0.480 e. The van der Waals surface area contributed by atoms with Crippen LogP contribution < -0.4 is 4.90 Å². The molecule has 0 spiro atoms. The monoisotopic (exact) mass is 270 g/mol. The summed E-state index contributed by atoms with van der Waals surface area (Å²) in [6, 6.07) is 6.17. The number of aliphatic carboxylic acids is 1. The molecule has 0 radical (unpaired) electrons. The zero-order chi connectivity index (χ0) is 13.7. The van der Waals surface area contributed by atoms with E-state index >= 15 is 0 Å². The molecule has 0 aromatic heterocycles. The second kappa shape index (κ2) is 6.26. The molecular weight excluding hydrogens is 256 g/mol. The van der Waals surface area contributed by atoms with Crippen molar-refractivity contribution in [2.75, 3.05) is 25.0 Å². The van der Waals surface area contributed by atoms with Gasteiger partial charge in [-0.05, 0) is 25.1 Å². The fourth-order valence-electron chi connectivity index (χ4n) is 1.39. The molecule has 0 aliphatic carbocycles. The second-order valence-corrected chi connectivity index (χ2v) is 4.19. The summed E-state index contributed by atoms with van der Waals surface area (Å²) in [5.41, 5.74) is 0.468. The molecule has 5 nitrogen and oxygen atoms in total. The zero-order valence-electron chi connectivity index (χ0n) is 10.3. The van der Waals surface area contributed by atoms with E-state index in [0.717, 1.165) is 0 Å². The van der Waals surface area contributed by atoms with E-state index in [4.69, 9.17) is 16.7 Å². The van der Waals surface area contributed by atoms with Crippen molar-refractivity contribution in [1.29, 1.82) is 0 Å². The molecule has 1 aromatic rings. The number of anilines is 1. The predicted octanol–water partition coefficient (Wildman–Crippen LogP) is 2.30. The highest BCUT2D eigenvalue weighted by Gasteiger charge is 2.21. The number of carboxylic acid groups (broad SMARTS) is 1. The Labute approximate surface area is 111 Å². The van der Waals surface area contributed by atoms with Gasteiger partial charge in [-0.1, -0.05) is 17.7 Å². The SMILES string of the molecule is CCN(C)C(=O)N(CC(=O)O)c1cccc(Cl)c1. The highest BCUT2D eigenvalue weighted by molar-refractivity contribution is 6.30. The van der Waals surface area contributed by atoms with E-state index in [0.29, 0.717) is 17.3 Å². The number of hydrogen-bond acceptors (Lipinski definition) is 2. The summed E-state index contributed by atoms with van der Waals surface area (Å²) in [7, 11) is 1.61. The summed E-state index contributed by atoms with van der Waals surface area (Å²) >= 11 is 5.84. The number of carbonyl (C=O) groups excluding carboxylic acids is 1. The highest BCUT2D eigenvalue weighted by atomic mass is 35.5. The average Bonchev–Trinajstić information content (AvgIpc) is 2.34. The van der Waals surface area contributed by atoms with Crippen LogP contribution in [0.2, 0.25) is 5.02 Å². The number of nitrogens with zero attached hydrogens (tertiary/aromatic N) is 2. The topological polar surface area (TPSA) is 60.9 Å². The first-order valence-corrected chi connectivity index (χ1v) is 5.83. The molecule has 0 aliphatic heterocycles. The molecule has 0 unspecified atom stereocenters. The van der Waals surface area contributed by atoms with Gasteiger partial charge in [0.1, 0.15) is 6.54 Å². The molecule has 1 N–H and O–H groups in total. The van der Waals surface area contributed by atoms with Gasteiger partial charge in [-0.25, -0.2) is 4.79 Å². The lowest BCUT2D eigenvalue weighted by molar-refractivity contribution is -0.135. The number of hydrogen-bond donors (Lipinski definition) is 1. The fourth-order valence-corrected chi connectivity index (χ4v) is 1.57. The molecule has 1 aromatic carbocycles. The first-order valence-electron chi connectivity index (χ1n) is 5.45. The van der Waals surface area contributed by atoms with Gasteiger partial charge in [0.05, 0.1) is 0 Å². The first kappa shape index (κ1) is 14.3. The van der Waals surface area contributed by atoms with Crippen molar-refractivity contribution in [3.8, 4) is 0 Å². The number of halogens is 1. The van der Waals surface area contributed by atoms with Crippen molar-refractivity contribution in [2.24, 2.45) is 0 Å². The standard InChI is InChI=1S/C12H15ClN2O3/c1-3-14(2)12(18)15(8-11(16)17)10-6-4-5-9(13)7-10/h4-7H,3,8H2,1-2H3,(H,16,17). The van der Waals surface area contributed by atoms with E-state index in [2.05, 4.69) is 0 Å². The molecule has 2 amide bonds. The van der Waals surface area contributed by atoms with Crippen LogP contribution in [0.15, 0.2) is 24.3 Å². The van der Waals surface area contributed by atoms with Gasteiger partial charge >= 0.3 is 12.0 Å². The third kappa shape index (κ3) is 3.63. The molecule has 18 heavy (non-hydrogen) atoms. The predicted molar refractivity (Wildman–Crippen MR) is 70.1 cm³/mol. The molecule has 98 valence electrons. The fraction of sp³-hybridized carbons (Fsp3) is 0.333. The minimum absolute atomic E-state index is 0.373. The quantitative estimate of drug-likeness (QED) is 0.913. The van der Waals surface area contributed by atoms with Crippen LogP contribution in [0.4, 0.5) is 10.5 Å². The lowest BCUT2D eigenvalue weighted by atomic mass is 10.3. The molecule has 0 heterocycles. The number of benzene rings is 1. The summed E-state index contributed by atoms with van der Waals surface area (Å²) in [6.45, 7) is 1.91. The lowest BCUT2D eigenvalue weighted by Crippen LogP contribution is -2.43. The molecule has 0 fully saturated rings. The van der Waals surface area contributed by atoms with Crippen LogP contribution in [0.5, 0.6) is 0 Å². The number of carboxylic acids is 1. The van der Waals surface area contributed by atoms with Gasteiger partial charge in [0.25, 0.3) is 0 Å². The van der Waals surface area contributed by atoms with Crippen molar-refractivity contribution in [3.63, 3.8) is 0 Å². The minimum Gasteiger partial charge on any atom is -0.480 e. The maximum atomic E-state index is 12.1. The van der Waals surface area contributed by atoms with Crippen LogP contribution >= 0.6 is 11.6 Å². The Balaban J connectivity index is 3.05. The van der Waals surface area contributed by atoms with E-state index < -0.39 is 12.5 Å². The number of amides is 2. The smallest absolute Gasteiger partial charge is 0.324 e. The van der Waals surface area contributed by atoms with Crippen molar-refractivity contribution >= 4 is 29.3 Å². The maximum absolute atomic E-state index is 12.1. The third-order valence-corrected chi connectivity index (χ3v) is 2.68. The van der Waals surface area contributed by atoms with Gasteiger partial charge in [-0.3, -0.25) is 9.69 Å². The lowest BCUT2D eigenvalue weighted by Gasteiger charge is -2.26. The van der Waals surface area contributed by atoms with E-state index in [1.165, 1.54) is 9.80 Å². The summed E-state index contributed by atoms with van der Waals surface area (Å²) < 4.78 is 0. The Bertz CT molecular complexity index is 451. The molecule has 6 heteroatoms. The molecule has 0 atom stereocenters. The van der Waals surface area contributed by atoms with E-state index in [1.54, 1.807) is 31.3 Å². The van der Waals surface area contributed by atoms with Crippen LogP contribution in [0.1, 0.15) is 6.92 Å². The van der Waals surface area contributed by atoms with E-state index in [-0.39, 0.29) is 6.03 Å². The van der Waals surface area contributed by atoms with Crippen LogP contribution in [-0.4, -0.2) is 42.1 Å². The highest BCUT2D eigenvalue weighted by Crippen LogP contribution is 2.20. The Morgan fingerprint density at radius 3 is 2.56 bits per heavy atom. The molecule has 0 saturated heterocycles. The van der Waals surface area contributed by atoms with Gasteiger partial charge in [-0.15, -0.1) is 0 Å². The Kier molecular flexibility index (Phi) is 4.97. The summed E-state index contributed by atoms with van der Waals surface area (Å²) in [5.74, 6) is -1.08. The minimum atomic E-state index is -1.08. The third-order valence-electron chi connectivity index (χ3n) is 2.45. The molecule has 0 saturated carbocycles. The average molecular weight is 271 g/mol. The second-order valence-electron chi connectivity index (χ2n) is 3.76. The van der Waals surface area contributed by atoms with Crippen LogP contribution in [0.25, 0.3) is 0 Å². The maximum Gasteiger partial charge on any atom is 0.324 e. The molecule has 1 rings (SSSR count). The van der Waals surface area contributed by atoms with Gasteiger partial charge in [0.2, 0.25) is 0 Å². The number of carbonyl (C=O) groups is 2. The summed E-state index contributed by atoms with van der Waals surface area (Å²) in [5, 5.41) is 9.33. The van der Waals surface area contributed by atoms with Gasteiger partial charge in [0, 0.05) is 24.3 Å². The number of urea groups is 1. The van der Waals surface area contributed by atoms with Crippen LogP contribution in [-0.2, 0) is 4.79 Å². The van der Waals surface area contributed by atoms with Gasteiger partial charge in [-0.2, -0.15) is 0 Å². The van der Waals surface area contributed by atoms with E-state index in [9.17, 15) is 9.59 Å².